The second-order valence-electron chi connectivity index (χ2n) is 12.4. The lowest BCUT2D eigenvalue weighted by Crippen LogP contribution is -2.47. The summed E-state index contributed by atoms with van der Waals surface area (Å²) in [4.78, 5) is 62.8. The van der Waals surface area contributed by atoms with Gasteiger partial charge < -0.3 is 9.47 Å². The Morgan fingerprint density at radius 3 is 1.24 bits per heavy atom. The van der Waals surface area contributed by atoms with E-state index in [1.165, 1.54) is 50.2 Å². The van der Waals surface area contributed by atoms with Crippen molar-refractivity contribution >= 4 is 35.4 Å². The molecule has 0 aromatic heterocycles. The molecule has 0 saturated heterocycles. The molecule has 4 amide bonds. The van der Waals surface area contributed by atoms with Gasteiger partial charge in [-0.1, -0.05) is 13.8 Å². The third kappa shape index (κ3) is 9.55. The monoisotopic (exact) mass is 776 g/mol. The third-order valence-electron chi connectivity index (χ3n) is 9.36. The van der Waals surface area contributed by atoms with Crippen molar-refractivity contribution in [2.75, 3.05) is 51.3 Å². The number of alkyl halides is 6. The van der Waals surface area contributed by atoms with Crippen LogP contribution in [0, 0.1) is 0 Å². The van der Waals surface area contributed by atoms with Gasteiger partial charge in [0, 0.05) is 26.2 Å². The molecular formula is C36H46F6N4O8. The summed E-state index contributed by atoms with van der Waals surface area (Å²) in [5, 5.41) is 1.98. The zero-order chi connectivity index (χ0) is 40.7. The lowest BCUT2D eigenvalue weighted by Gasteiger charge is -2.40. The summed E-state index contributed by atoms with van der Waals surface area (Å²) in [5.41, 5.74) is -0.978. The number of hydrogen-bond donors (Lipinski definition) is 0. The van der Waals surface area contributed by atoms with Gasteiger partial charge in [-0.05, 0) is 87.1 Å². The van der Waals surface area contributed by atoms with Crippen molar-refractivity contribution in [1.82, 2.24) is 10.1 Å². The van der Waals surface area contributed by atoms with Crippen molar-refractivity contribution in [2.45, 2.75) is 89.7 Å². The van der Waals surface area contributed by atoms with E-state index < -0.39 is 59.3 Å². The molecule has 0 radical (unpaired) electrons. The summed E-state index contributed by atoms with van der Waals surface area (Å²) < 4.78 is 89.4. The first-order valence-corrected chi connectivity index (χ1v) is 17.3. The normalized spacial score (nSPS) is 19.4. The molecule has 0 bridgehead atoms. The highest BCUT2D eigenvalue weighted by atomic mass is 19.4. The largest absolute Gasteiger partial charge is 0.449 e. The molecule has 0 aliphatic carbocycles. The molecule has 18 heteroatoms. The number of rotatable bonds is 8. The quantitative estimate of drug-likeness (QED) is 0.196. The fourth-order valence-corrected chi connectivity index (χ4v) is 6.53. The number of ether oxygens (including phenoxy) is 2. The molecule has 2 heterocycles. The topological polar surface area (TPSA) is 118 Å². The lowest BCUT2D eigenvalue weighted by molar-refractivity contribution is -0.171. The van der Waals surface area contributed by atoms with E-state index >= 15 is 0 Å². The number of nitrogens with zero attached hydrogens (tertiary/aromatic N) is 4. The Bertz CT molecular complexity index is 1540. The van der Waals surface area contributed by atoms with Crippen LogP contribution >= 0.6 is 0 Å². The van der Waals surface area contributed by atoms with Crippen LogP contribution in [0.2, 0.25) is 0 Å². The van der Waals surface area contributed by atoms with Crippen molar-refractivity contribution in [3.8, 4) is 0 Å². The number of carbonyl (C=O) groups is 4. The third-order valence-corrected chi connectivity index (χ3v) is 9.36. The van der Waals surface area contributed by atoms with E-state index in [0.717, 1.165) is 34.4 Å². The van der Waals surface area contributed by atoms with Crippen LogP contribution in [0.3, 0.4) is 0 Å². The maximum atomic E-state index is 13.2. The van der Waals surface area contributed by atoms with Gasteiger partial charge in [-0.25, -0.2) is 19.7 Å². The summed E-state index contributed by atoms with van der Waals surface area (Å²) in [6.45, 7) is 7.25. The average Bonchev–Trinajstić information content (AvgIpc) is 3.14. The van der Waals surface area contributed by atoms with Crippen LogP contribution in [0.15, 0.2) is 36.4 Å². The van der Waals surface area contributed by atoms with Crippen LogP contribution in [0.1, 0.15) is 87.5 Å². The van der Waals surface area contributed by atoms with Gasteiger partial charge in [-0.3, -0.25) is 29.1 Å². The first-order valence-electron chi connectivity index (χ1n) is 17.3. The summed E-state index contributed by atoms with van der Waals surface area (Å²) in [6.07, 6.45) is -9.03. The summed E-state index contributed by atoms with van der Waals surface area (Å²) in [7, 11) is 5.40. The van der Waals surface area contributed by atoms with Gasteiger partial charge in [0.05, 0.1) is 61.8 Å². The first kappa shape index (κ1) is 43.8. The van der Waals surface area contributed by atoms with E-state index in [-0.39, 0.29) is 60.6 Å². The predicted molar refractivity (Wildman–Crippen MR) is 184 cm³/mol. The van der Waals surface area contributed by atoms with Crippen molar-refractivity contribution in [3.63, 3.8) is 0 Å². The van der Waals surface area contributed by atoms with E-state index in [1.54, 1.807) is 13.8 Å². The van der Waals surface area contributed by atoms with Crippen molar-refractivity contribution in [2.24, 2.45) is 0 Å². The molecule has 0 spiro atoms. The number of benzene rings is 2. The van der Waals surface area contributed by atoms with Crippen LogP contribution in [-0.4, -0.2) is 87.7 Å². The van der Waals surface area contributed by atoms with Gasteiger partial charge in [0.1, 0.15) is 0 Å². The zero-order valence-corrected chi connectivity index (χ0v) is 31.3. The van der Waals surface area contributed by atoms with Crippen LogP contribution in [-0.2, 0) is 41.1 Å². The number of hydrogen-bond acceptors (Lipinski definition) is 8. The Kier molecular flexibility index (Phi) is 14.7. The Morgan fingerprint density at radius 1 is 0.648 bits per heavy atom. The number of likely N-dealkylation sites (N-methyl/N-ethyl adjacent to an activating group) is 2. The predicted octanol–water partition coefficient (Wildman–Crippen LogP) is 7.91. The van der Waals surface area contributed by atoms with Crippen LogP contribution < -0.4 is 9.80 Å². The van der Waals surface area contributed by atoms with Gasteiger partial charge in [-0.15, -0.1) is 0 Å². The lowest BCUT2D eigenvalue weighted by atomic mass is 9.83. The molecule has 0 unspecified atom stereocenters. The maximum Gasteiger partial charge on any atom is 0.416 e. The van der Waals surface area contributed by atoms with E-state index in [2.05, 4.69) is 0 Å². The molecule has 0 N–H and O–H groups in total. The Balaban J connectivity index is 0.000000290. The van der Waals surface area contributed by atoms with E-state index in [4.69, 9.17) is 19.1 Å². The molecule has 0 fully saturated rings. The van der Waals surface area contributed by atoms with Crippen molar-refractivity contribution < 1.29 is 64.7 Å². The molecule has 2 aliphatic rings. The number of halogens is 6. The Labute approximate surface area is 309 Å². The number of carbonyl (C=O) groups excluding carboxylic acids is 4. The molecule has 300 valence electrons. The highest BCUT2D eigenvalue weighted by molar-refractivity contribution is 5.95. The summed E-state index contributed by atoms with van der Waals surface area (Å²) in [5.74, 6) is -2.66. The van der Waals surface area contributed by atoms with Gasteiger partial charge in [0.15, 0.2) is 0 Å². The van der Waals surface area contributed by atoms with E-state index in [0.29, 0.717) is 12.8 Å². The Hall–Kier alpha value is -4.58. The smallest absolute Gasteiger partial charge is 0.416 e. The Morgan fingerprint density at radius 2 is 0.981 bits per heavy atom. The average molecular weight is 777 g/mol. The summed E-state index contributed by atoms with van der Waals surface area (Å²) in [6, 6.07) is 5.36. The summed E-state index contributed by atoms with van der Waals surface area (Å²) >= 11 is 0. The van der Waals surface area contributed by atoms with Gasteiger partial charge >= 0.3 is 24.5 Å². The van der Waals surface area contributed by atoms with Crippen molar-refractivity contribution in [1.29, 1.82) is 0 Å². The highest BCUT2D eigenvalue weighted by Gasteiger charge is 2.44. The molecular weight excluding hydrogens is 730 g/mol. The molecule has 2 aromatic carbocycles. The second-order valence-corrected chi connectivity index (χ2v) is 12.4. The SMILES string of the molecule is CCOC(=O)N1c2ccc(C(F)(F)F)cc2[C@@H](C(=O)N(C)OC)C[C@H]1CC.CCOC(=O)N1c2ccc(C(F)(F)F)cc2[C@H](C(=O)N(C)OC)C[C@H]1CC. The fourth-order valence-electron chi connectivity index (χ4n) is 6.53. The maximum absolute atomic E-state index is 13.2. The zero-order valence-electron chi connectivity index (χ0n) is 31.3. The molecule has 0 saturated carbocycles. The molecule has 54 heavy (non-hydrogen) atoms. The first-order chi connectivity index (χ1) is 25.3. The van der Waals surface area contributed by atoms with Gasteiger partial charge in [-0.2, -0.15) is 26.3 Å². The minimum Gasteiger partial charge on any atom is -0.449 e. The second kappa shape index (κ2) is 18.2. The van der Waals surface area contributed by atoms with Gasteiger partial charge in [0.25, 0.3) is 11.8 Å². The molecule has 4 rings (SSSR count). The van der Waals surface area contributed by atoms with E-state index in [9.17, 15) is 45.5 Å². The van der Waals surface area contributed by atoms with Crippen LogP contribution in [0.5, 0.6) is 0 Å². The van der Waals surface area contributed by atoms with Crippen molar-refractivity contribution in [3.05, 3.63) is 58.7 Å². The number of amides is 4. The van der Waals surface area contributed by atoms with Crippen LogP contribution in [0.4, 0.5) is 47.3 Å². The molecule has 2 aromatic rings. The molecule has 4 atom stereocenters. The van der Waals surface area contributed by atoms with Crippen LogP contribution in [0.25, 0.3) is 0 Å². The minimum absolute atomic E-state index is 0.135. The fraction of sp³-hybridized carbons (Fsp3) is 0.556. The molecule has 2 aliphatic heterocycles. The number of hydroxylamine groups is 4. The molecule has 12 nitrogen and oxygen atoms in total. The standard InChI is InChI=1S/2C18H23F3N2O4/c2*1-5-12-10-14(16(24)22(3)26-4)13-9-11(18(19,20)21)7-8-15(13)23(12)17(25)27-6-2/h2*7-9,12,14H,5-6,10H2,1-4H3/t12-,14+;12-,14-/m11/s1. The number of fused-ring (bicyclic) bond motifs is 2. The highest BCUT2D eigenvalue weighted by Crippen LogP contribution is 2.45. The minimum atomic E-state index is -4.56. The van der Waals surface area contributed by atoms with Gasteiger partial charge in [0.2, 0.25) is 0 Å². The van der Waals surface area contributed by atoms with E-state index in [1.807, 2.05) is 13.8 Å². The number of anilines is 2.